The highest BCUT2D eigenvalue weighted by Crippen LogP contribution is 2.25. The molecule has 0 unspecified atom stereocenters. The molecule has 2 aromatic rings. The predicted molar refractivity (Wildman–Crippen MR) is 81.7 cm³/mol. The zero-order valence-corrected chi connectivity index (χ0v) is 12.2. The van der Waals surface area contributed by atoms with Crippen LogP contribution in [0.5, 0.6) is 17.2 Å². The van der Waals surface area contributed by atoms with Gasteiger partial charge < -0.3 is 14.2 Å². The monoisotopic (exact) mass is 303 g/mol. The number of nitro benzene ring substituents is 1. The van der Waals surface area contributed by atoms with Gasteiger partial charge in [-0.15, -0.1) is 0 Å². The van der Waals surface area contributed by atoms with Gasteiger partial charge in [-0.2, -0.15) is 0 Å². The Balaban J connectivity index is 1.77. The third-order valence-corrected chi connectivity index (χ3v) is 2.92. The summed E-state index contributed by atoms with van der Waals surface area (Å²) in [6.45, 7) is 0.794. The van der Waals surface area contributed by atoms with Crippen molar-refractivity contribution in [3.8, 4) is 17.2 Å². The van der Waals surface area contributed by atoms with Crippen molar-refractivity contribution in [2.24, 2.45) is 0 Å². The molecule has 2 aromatic carbocycles. The van der Waals surface area contributed by atoms with E-state index >= 15 is 0 Å². The molecule has 0 saturated carbocycles. The van der Waals surface area contributed by atoms with Gasteiger partial charge in [-0.25, -0.2) is 0 Å². The standard InChI is InChI=1S/C16H17NO5/c1-20-13-6-4-7-14(12-13)21-10-5-11-22-16-9-3-2-8-15(16)17(18)19/h2-4,6-9,12H,5,10-11H2,1H3. The maximum absolute atomic E-state index is 10.8. The van der Waals surface area contributed by atoms with E-state index in [0.29, 0.717) is 25.4 Å². The second-order valence-electron chi connectivity index (χ2n) is 4.45. The van der Waals surface area contributed by atoms with Crippen molar-refractivity contribution < 1.29 is 19.1 Å². The van der Waals surface area contributed by atoms with Crippen molar-refractivity contribution in [3.05, 3.63) is 58.6 Å². The lowest BCUT2D eigenvalue weighted by atomic mass is 10.3. The van der Waals surface area contributed by atoms with Crippen LogP contribution < -0.4 is 14.2 Å². The quantitative estimate of drug-likeness (QED) is 0.424. The first-order valence-electron chi connectivity index (χ1n) is 6.84. The smallest absolute Gasteiger partial charge is 0.310 e. The Bertz CT molecular complexity index is 629. The summed E-state index contributed by atoms with van der Waals surface area (Å²) >= 11 is 0. The number of ether oxygens (including phenoxy) is 3. The first kappa shape index (κ1) is 15.6. The molecule has 0 atom stereocenters. The lowest BCUT2D eigenvalue weighted by Crippen LogP contribution is -2.06. The molecule has 0 radical (unpaired) electrons. The zero-order chi connectivity index (χ0) is 15.8. The summed E-state index contributed by atoms with van der Waals surface area (Å²) in [5, 5.41) is 10.8. The lowest BCUT2D eigenvalue weighted by molar-refractivity contribution is -0.385. The summed E-state index contributed by atoms with van der Waals surface area (Å²) in [6, 6.07) is 13.6. The first-order valence-corrected chi connectivity index (χ1v) is 6.84. The number of nitro groups is 1. The van der Waals surface area contributed by atoms with Gasteiger partial charge in [0.15, 0.2) is 5.75 Å². The molecule has 22 heavy (non-hydrogen) atoms. The fourth-order valence-electron chi connectivity index (χ4n) is 1.85. The van der Waals surface area contributed by atoms with Crippen LogP contribution >= 0.6 is 0 Å². The average Bonchev–Trinajstić information content (AvgIpc) is 2.55. The molecule has 116 valence electrons. The summed E-state index contributed by atoms with van der Waals surface area (Å²) in [4.78, 5) is 10.4. The van der Waals surface area contributed by atoms with Gasteiger partial charge >= 0.3 is 5.69 Å². The predicted octanol–water partition coefficient (Wildman–Crippen LogP) is 3.45. The van der Waals surface area contributed by atoms with Crippen molar-refractivity contribution >= 4 is 5.69 Å². The van der Waals surface area contributed by atoms with Gasteiger partial charge in [-0.05, 0) is 18.2 Å². The lowest BCUT2D eigenvalue weighted by Gasteiger charge is -2.09. The number of methoxy groups -OCH3 is 1. The van der Waals surface area contributed by atoms with Crippen LogP contribution in [0.1, 0.15) is 6.42 Å². The van der Waals surface area contributed by atoms with Crippen molar-refractivity contribution in [2.45, 2.75) is 6.42 Å². The van der Waals surface area contributed by atoms with Crippen LogP contribution in [0.2, 0.25) is 0 Å². The molecule has 0 heterocycles. The largest absolute Gasteiger partial charge is 0.497 e. The van der Waals surface area contributed by atoms with Crippen LogP contribution in [-0.4, -0.2) is 25.2 Å². The number of hydrogen-bond acceptors (Lipinski definition) is 5. The summed E-state index contributed by atoms with van der Waals surface area (Å²) in [5.74, 6) is 1.72. The molecular formula is C16H17NO5. The molecule has 0 aromatic heterocycles. The molecule has 0 N–H and O–H groups in total. The second-order valence-corrected chi connectivity index (χ2v) is 4.45. The van der Waals surface area contributed by atoms with E-state index in [1.165, 1.54) is 6.07 Å². The second kappa shape index (κ2) is 7.87. The molecule has 2 rings (SSSR count). The van der Waals surface area contributed by atoms with E-state index in [4.69, 9.17) is 14.2 Å². The van der Waals surface area contributed by atoms with Gasteiger partial charge in [0.05, 0.1) is 25.2 Å². The van der Waals surface area contributed by atoms with E-state index in [9.17, 15) is 10.1 Å². The normalized spacial score (nSPS) is 10.0. The van der Waals surface area contributed by atoms with Crippen LogP contribution in [0.3, 0.4) is 0 Å². The summed E-state index contributed by atoms with van der Waals surface area (Å²) in [5.41, 5.74) is -0.0313. The van der Waals surface area contributed by atoms with Gasteiger partial charge in [0.25, 0.3) is 0 Å². The molecule has 0 amide bonds. The molecule has 0 bridgehead atoms. The van der Waals surface area contributed by atoms with E-state index in [1.807, 2.05) is 18.2 Å². The highest BCUT2D eigenvalue weighted by molar-refractivity contribution is 5.45. The number of benzene rings is 2. The van der Waals surface area contributed by atoms with Crippen LogP contribution in [0.15, 0.2) is 48.5 Å². The van der Waals surface area contributed by atoms with Gasteiger partial charge in [0.2, 0.25) is 0 Å². The Morgan fingerprint density at radius 1 is 1.00 bits per heavy atom. The van der Waals surface area contributed by atoms with Crippen molar-refractivity contribution in [1.29, 1.82) is 0 Å². The maximum atomic E-state index is 10.8. The third-order valence-electron chi connectivity index (χ3n) is 2.92. The summed E-state index contributed by atoms with van der Waals surface area (Å²) in [7, 11) is 1.60. The van der Waals surface area contributed by atoms with E-state index in [1.54, 1.807) is 31.4 Å². The van der Waals surface area contributed by atoms with Crippen molar-refractivity contribution in [1.82, 2.24) is 0 Å². The van der Waals surface area contributed by atoms with E-state index in [-0.39, 0.29) is 11.4 Å². The van der Waals surface area contributed by atoms with Crippen LogP contribution in [0.4, 0.5) is 5.69 Å². The van der Waals surface area contributed by atoms with Gasteiger partial charge in [0, 0.05) is 18.6 Å². The minimum atomic E-state index is -0.456. The molecule has 6 heteroatoms. The van der Waals surface area contributed by atoms with E-state index in [0.717, 1.165) is 5.75 Å². The van der Waals surface area contributed by atoms with E-state index in [2.05, 4.69) is 0 Å². The number of rotatable bonds is 8. The highest BCUT2D eigenvalue weighted by Gasteiger charge is 2.13. The molecule has 0 aliphatic heterocycles. The fraction of sp³-hybridized carbons (Fsp3) is 0.250. The van der Waals surface area contributed by atoms with Gasteiger partial charge in [-0.3, -0.25) is 10.1 Å². The summed E-state index contributed by atoms with van der Waals surface area (Å²) < 4.78 is 16.1. The van der Waals surface area contributed by atoms with Crippen LogP contribution in [0, 0.1) is 10.1 Å². The third kappa shape index (κ3) is 4.37. The Morgan fingerprint density at radius 3 is 2.50 bits per heavy atom. The van der Waals surface area contributed by atoms with Gasteiger partial charge in [-0.1, -0.05) is 18.2 Å². The Kier molecular flexibility index (Phi) is 5.59. The molecule has 0 spiro atoms. The average molecular weight is 303 g/mol. The minimum Gasteiger partial charge on any atom is -0.497 e. The number of para-hydroxylation sites is 2. The first-order chi connectivity index (χ1) is 10.7. The summed E-state index contributed by atoms with van der Waals surface area (Å²) in [6.07, 6.45) is 0.614. The zero-order valence-electron chi connectivity index (χ0n) is 12.2. The van der Waals surface area contributed by atoms with Gasteiger partial charge in [0.1, 0.15) is 11.5 Å². The molecule has 0 aliphatic rings. The fourth-order valence-corrected chi connectivity index (χ4v) is 1.85. The van der Waals surface area contributed by atoms with Crippen molar-refractivity contribution in [3.63, 3.8) is 0 Å². The molecule has 0 saturated heterocycles. The Labute approximate surface area is 128 Å². The molecule has 0 fully saturated rings. The van der Waals surface area contributed by atoms with Crippen LogP contribution in [0.25, 0.3) is 0 Å². The highest BCUT2D eigenvalue weighted by atomic mass is 16.6. The SMILES string of the molecule is COc1cccc(OCCCOc2ccccc2[N+](=O)[O-])c1. The topological polar surface area (TPSA) is 70.8 Å². The molecule has 0 aliphatic carbocycles. The molecular weight excluding hydrogens is 286 g/mol. The number of nitrogens with zero attached hydrogens (tertiary/aromatic N) is 1. The van der Waals surface area contributed by atoms with E-state index < -0.39 is 4.92 Å². The Hall–Kier alpha value is -2.76. The Morgan fingerprint density at radius 2 is 1.73 bits per heavy atom. The molecule has 6 nitrogen and oxygen atoms in total. The maximum Gasteiger partial charge on any atom is 0.310 e. The minimum absolute atomic E-state index is 0.0313. The number of hydrogen-bond donors (Lipinski definition) is 0. The van der Waals surface area contributed by atoms with Crippen LogP contribution in [-0.2, 0) is 0 Å². The van der Waals surface area contributed by atoms with Crippen molar-refractivity contribution in [2.75, 3.05) is 20.3 Å².